The van der Waals surface area contributed by atoms with Crippen molar-refractivity contribution >= 4 is 58.3 Å². The molecule has 2 N–H and O–H groups in total. The van der Waals surface area contributed by atoms with Gasteiger partial charge in [-0.15, -0.1) is 11.8 Å². The SMILES string of the molecule is CC(Sc1cccc(NC(=O)/C(=C\c2ccc(N(C)C)cc2)NC(=O)c2ccccc2)c1)C(=O)N(c1ccccc1)c1ccccc1. The largest absolute Gasteiger partial charge is 0.378 e. The van der Waals surface area contributed by atoms with E-state index in [1.54, 1.807) is 41.3 Å². The van der Waals surface area contributed by atoms with Gasteiger partial charge >= 0.3 is 0 Å². The molecule has 1 atom stereocenters. The standard InChI is InChI=1S/C39H36N4O3S/c1-28(39(46)43(33-17-9-5-10-18-33)34-19-11-6-12-20-34)47-35-21-13-16-31(27-35)40-38(45)36(41-37(44)30-14-7-4-8-15-30)26-29-22-24-32(25-23-29)42(2)3/h4-28H,1-3H3,(H,40,45)(H,41,44)/b36-26+. The molecule has 5 rings (SSSR count). The molecule has 0 saturated carbocycles. The maximum atomic E-state index is 13.8. The summed E-state index contributed by atoms with van der Waals surface area (Å²) < 4.78 is 0. The molecule has 0 fully saturated rings. The van der Waals surface area contributed by atoms with Gasteiger partial charge in [0.1, 0.15) is 5.70 Å². The number of carbonyl (C=O) groups is 3. The normalized spacial score (nSPS) is 11.7. The number of benzene rings is 5. The van der Waals surface area contributed by atoms with Gasteiger partial charge in [0.05, 0.1) is 5.25 Å². The van der Waals surface area contributed by atoms with Gasteiger partial charge in [-0.05, 0) is 85.3 Å². The van der Waals surface area contributed by atoms with Crippen molar-refractivity contribution in [3.63, 3.8) is 0 Å². The topological polar surface area (TPSA) is 81.8 Å². The number of hydrogen-bond acceptors (Lipinski definition) is 5. The molecule has 0 aromatic heterocycles. The number of carbonyl (C=O) groups excluding carboxylic acids is 3. The van der Waals surface area contributed by atoms with Crippen LogP contribution in [-0.2, 0) is 9.59 Å². The highest BCUT2D eigenvalue weighted by atomic mass is 32.2. The van der Waals surface area contributed by atoms with Crippen LogP contribution in [0.3, 0.4) is 0 Å². The van der Waals surface area contributed by atoms with Gasteiger partial charge in [-0.1, -0.05) is 72.8 Å². The first kappa shape index (κ1) is 32.8. The number of amides is 3. The first-order valence-electron chi connectivity index (χ1n) is 15.2. The Balaban J connectivity index is 1.35. The molecule has 0 aliphatic heterocycles. The summed E-state index contributed by atoms with van der Waals surface area (Å²) in [4.78, 5) is 45.1. The Morgan fingerprint density at radius 1 is 0.681 bits per heavy atom. The zero-order valence-corrected chi connectivity index (χ0v) is 27.3. The van der Waals surface area contributed by atoms with Gasteiger partial charge in [0.2, 0.25) is 5.91 Å². The van der Waals surface area contributed by atoms with Gasteiger partial charge in [-0.3, -0.25) is 19.3 Å². The average molecular weight is 641 g/mol. The Morgan fingerprint density at radius 3 is 1.83 bits per heavy atom. The summed E-state index contributed by atoms with van der Waals surface area (Å²) in [6, 6.07) is 42.9. The van der Waals surface area contributed by atoms with Crippen molar-refractivity contribution in [3.8, 4) is 0 Å². The molecule has 0 aliphatic carbocycles. The molecule has 5 aromatic rings. The molecule has 0 radical (unpaired) electrons. The van der Waals surface area contributed by atoms with Crippen LogP contribution in [0.25, 0.3) is 6.08 Å². The Morgan fingerprint density at radius 2 is 1.26 bits per heavy atom. The van der Waals surface area contributed by atoms with E-state index in [0.29, 0.717) is 11.3 Å². The third-order valence-corrected chi connectivity index (χ3v) is 8.33. The molecule has 0 aliphatic rings. The van der Waals surface area contributed by atoms with Crippen LogP contribution in [0.5, 0.6) is 0 Å². The highest BCUT2D eigenvalue weighted by Gasteiger charge is 2.24. The Labute approximate surface area is 279 Å². The molecule has 5 aromatic carbocycles. The lowest BCUT2D eigenvalue weighted by Crippen LogP contribution is -2.32. The molecular formula is C39H36N4O3S. The number of rotatable bonds is 11. The zero-order valence-electron chi connectivity index (χ0n) is 26.5. The molecule has 0 saturated heterocycles. The van der Waals surface area contributed by atoms with Gasteiger partial charge in [0.25, 0.3) is 11.8 Å². The van der Waals surface area contributed by atoms with Crippen LogP contribution in [0.15, 0.2) is 150 Å². The average Bonchev–Trinajstić information content (AvgIpc) is 3.09. The van der Waals surface area contributed by atoms with E-state index in [-0.39, 0.29) is 11.6 Å². The van der Waals surface area contributed by atoms with Crippen molar-refractivity contribution < 1.29 is 14.4 Å². The molecule has 8 heteroatoms. The third kappa shape index (κ3) is 8.77. The predicted octanol–water partition coefficient (Wildman–Crippen LogP) is 8.01. The van der Waals surface area contributed by atoms with E-state index in [1.165, 1.54) is 11.8 Å². The van der Waals surface area contributed by atoms with Crippen LogP contribution >= 0.6 is 11.8 Å². The highest BCUT2D eigenvalue weighted by molar-refractivity contribution is 8.00. The lowest BCUT2D eigenvalue weighted by Gasteiger charge is -2.26. The molecule has 3 amide bonds. The maximum Gasteiger partial charge on any atom is 0.272 e. The predicted molar refractivity (Wildman–Crippen MR) is 193 cm³/mol. The lowest BCUT2D eigenvalue weighted by molar-refractivity contribution is -0.117. The smallest absolute Gasteiger partial charge is 0.272 e. The molecule has 0 spiro atoms. The summed E-state index contributed by atoms with van der Waals surface area (Å²) in [6.45, 7) is 1.87. The van der Waals surface area contributed by atoms with Crippen molar-refractivity contribution in [1.82, 2.24) is 5.32 Å². The maximum absolute atomic E-state index is 13.8. The van der Waals surface area contributed by atoms with Crippen LogP contribution in [-0.4, -0.2) is 37.1 Å². The van der Waals surface area contributed by atoms with Gasteiger partial charge in [0.15, 0.2) is 0 Å². The van der Waals surface area contributed by atoms with E-state index in [0.717, 1.165) is 27.5 Å². The summed E-state index contributed by atoms with van der Waals surface area (Å²) in [5.41, 5.74) is 4.40. The van der Waals surface area contributed by atoms with Gasteiger partial charge < -0.3 is 15.5 Å². The molecular weight excluding hydrogens is 605 g/mol. The number of anilines is 4. The minimum atomic E-state index is -0.475. The van der Waals surface area contributed by atoms with Crippen LogP contribution in [0, 0.1) is 0 Å². The summed E-state index contributed by atoms with van der Waals surface area (Å²) in [5, 5.41) is 5.28. The fourth-order valence-corrected chi connectivity index (χ4v) is 5.78. The third-order valence-electron chi connectivity index (χ3n) is 7.25. The monoisotopic (exact) mass is 640 g/mol. The Hall–Kier alpha value is -5.60. The number of thioether (sulfide) groups is 1. The minimum absolute atomic E-state index is 0.0732. The summed E-state index contributed by atoms with van der Waals surface area (Å²) in [7, 11) is 3.91. The van der Waals surface area contributed by atoms with Crippen molar-refractivity contribution in [2.24, 2.45) is 0 Å². The van der Waals surface area contributed by atoms with Gasteiger partial charge in [-0.2, -0.15) is 0 Å². The summed E-state index contributed by atoms with van der Waals surface area (Å²) in [5.74, 6) is -0.942. The van der Waals surface area contributed by atoms with Crippen LogP contribution in [0.1, 0.15) is 22.8 Å². The Bertz CT molecular complexity index is 1810. The second-order valence-corrected chi connectivity index (χ2v) is 12.4. The van der Waals surface area contributed by atoms with E-state index in [2.05, 4.69) is 10.6 Å². The summed E-state index contributed by atoms with van der Waals surface area (Å²) >= 11 is 1.40. The van der Waals surface area contributed by atoms with E-state index < -0.39 is 17.1 Å². The van der Waals surface area contributed by atoms with E-state index in [4.69, 9.17) is 0 Å². The molecule has 236 valence electrons. The number of nitrogens with zero attached hydrogens (tertiary/aromatic N) is 2. The number of nitrogens with one attached hydrogen (secondary N) is 2. The van der Waals surface area contributed by atoms with Gasteiger partial charge in [0, 0.05) is 47.3 Å². The fraction of sp³-hybridized carbons (Fsp3) is 0.103. The van der Waals surface area contributed by atoms with E-state index in [1.807, 2.05) is 135 Å². The van der Waals surface area contributed by atoms with Crippen molar-refractivity contribution in [2.75, 3.05) is 29.2 Å². The Kier molecular flexibility index (Phi) is 10.9. The van der Waals surface area contributed by atoms with Crippen molar-refractivity contribution in [2.45, 2.75) is 17.1 Å². The van der Waals surface area contributed by atoms with E-state index in [9.17, 15) is 14.4 Å². The summed E-state index contributed by atoms with van der Waals surface area (Å²) in [6.07, 6.45) is 1.65. The number of hydrogen-bond donors (Lipinski definition) is 2. The minimum Gasteiger partial charge on any atom is -0.378 e. The molecule has 7 nitrogen and oxygen atoms in total. The molecule has 47 heavy (non-hydrogen) atoms. The van der Waals surface area contributed by atoms with Crippen molar-refractivity contribution in [3.05, 3.63) is 156 Å². The van der Waals surface area contributed by atoms with Crippen molar-refractivity contribution in [1.29, 1.82) is 0 Å². The number of para-hydroxylation sites is 2. The second-order valence-electron chi connectivity index (χ2n) is 11.0. The first-order chi connectivity index (χ1) is 22.8. The quantitative estimate of drug-likeness (QED) is 0.113. The van der Waals surface area contributed by atoms with Crippen LogP contribution < -0.4 is 20.4 Å². The molecule has 0 heterocycles. The lowest BCUT2D eigenvalue weighted by atomic mass is 10.1. The van der Waals surface area contributed by atoms with Crippen LogP contribution in [0.4, 0.5) is 22.7 Å². The zero-order chi connectivity index (χ0) is 33.2. The molecule has 0 bridgehead atoms. The highest BCUT2D eigenvalue weighted by Crippen LogP contribution is 2.32. The van der Waals surface area contributed by atoms with Crippen LogP contribution in [0.2, 0.25) is 0 Å². The van der Waals surface area contributed by atoms with Gasteiger partial charge in [-0.25, -0.2) is 0 Å². The molecule has 1 unspecified atom stereocenters. The van der Waals surface area contributed by atoms with E-state index >= 15 is 0 Å². The first-order valence-corrected chi connectivity index (χ1v) is 16.0. The second kappa shape index (κ2) is 15.6. The fourth-order valence-electron chi connectivity index (χ4n) is 4.82.